The number of methoxy groups -OCH3 is 1. The van der Waals surface area contributed by atoms with Crippen LogP contribution < -0.4 is 15.0 Å². The minimum absolute atomic E-state index is 0.0788. The second-order valence-electron chi connectivity index (χ2n) is 5.87. The third kappa shape index (κ3) is 3.23. The number of nitrogens with zero attached hydrogens (tertiary/aromatic N) is 4. The van der Waals surface area contributed by atoms with E-state index in [0.29, 0.717) is 23.5 Å². The van der Waals surface area contributed by atoms with E-state index < -0.39 is 0 Å². The average Bonchev–Trinajstić information content (AvgIpc) is 3.14. The van der Waals surface area contributed by atoms with E-state index in [1.807, 2.05) is 52.9 Å². The summed E-state index contributed by atoms with van der Waals surface area (Å²) in [5.41, 5.74) is 0.726. The summed E-state index contributed by atoms with van der Waals surface area (Å²) in [6.07, 6.45) is 0. The fourth-order valence-corrected chi connectivity index (χ4v) is 3.63. The highest BCUT2D eigenvalue weighted by Crippen LogP contribution is 2.22. The molecule has 0 bridgehead atoms. The summed E-state index contributed by atoms with van der Waals surface area (Å²) in [6.45, 7) is 0.523. The van der Waals surface area contributed by atoms with Gasteiger partial charge in [0.25, 0.3) is 5.56 Å². The number of aryl methyl sites for hydroxylation is 1. The van der Waals surface area contributed by atoms with Crippen LogP contribution >= 0.6 is 11.8 Å². The van der Waals surface area contributed by atoms with Crippen molar-refractivity contribution in [2.75, 3.05) is 19.5 Å². The van der Waals surface area contributed by atoms with Gasteiger partial charge in [0.2, 0.25) is 5.78 Å². The van der Waals surface area contributed by atoms with E-state index in [2.05, 4.69) is 10.2 Å². The van der Waals surface area contributed by atoms with Crippen molar-refractivity contribution in [2.45, 2.75) is 5.16 Å². The fraction of sp³-hybridized carbons (Fsp3) is 0.211. The zero-order valence-corrected chi connectivity index (χ0v) is 15.8. The minimum atomic E-state index is -0.0788. The molecule has 8 heteroatoms. The van der Waals surface area contributed by atoms with E-state index in [1.54, 1.807) is 14.2 Å². The van der Waals surface area contributed by atoms with Gasteiger partial charge in [-0.1, -0.05) is 23.9 Å². The lowest BCUT2D eigenvalue weighted by Crippen LogP contribution is -2.20. The Kier molecular flexibility index (Phi) is 4.72. The minimum Gasteiger partial charge on any atom is -0.497 e. The van der Waals surface area contributed by atoms with Crippen LogP contribution in [0.3, 0.4) is 0 Å². The van der Waals surface area contributed by atoms with Crippen LogP contribution in [0.1, 0.15) is 0 Å². The molecule has 2 heterocycles. The van der Waals surface area contributed by atoms with Crippen LogP contribution in [0.15, 0.2) is 58.5 Å². The van der Waals surface area contributed by atoms with Gasteiger partial charge in [-0.05, 0) is 36.4 Å². The van der Waals surface area contributed by atoms with Crippen LogP contribution in [0.25, 0.3) is 16.7 Å². The number of hydrogen-bond acceptors (Lipinski definition) is 6. The van der Waals surface area contributed by atoms with Crippen molar-refractivity contribution < 1.29 is 9.47 Å². The first-order valence-electron chi connectivity index (χ1n) is 8.41. The molecule has 4 rings (SSSR count). The maximum Gasteiger partial charge on any atom is 0.262 e. The molecule has 2 aromatic carbocycles. The summed E-state index contributed by atoms with van der Waals surface area (Å²) in [6, 6.07) is 15.0. The van der Waals surface area contributed by atoms with Gasteiger partial charge in [-0.3, -0.25) is 13.8 Å². The molecule has 0 aliphatic carbocycles. The number of fused-ring (bicyclic) bond motifs is 3. The number of rotatable bonds is 6. The van der Waals surface area contributed by atoms with E-state index in [1.165, 1.54) is 16.3 Å². The van der Waals surface area contributed by atoms with Gasteiger partial charge in [0, 0.05) is 12.8 Å². The molecule has 4 aromatic rings. The van der Waals surface area contributed by atoms with Crippen molar-refractivity contribution in [3.05, 3.63) is 58.9 Å². The van der Waals surface area contributed by atoms with Gasteiger partial charge >= 0.3 is 0 Å². The predicted molar refractivity (Wildman–Crippen MR) is 105 cm³/mol. The quantitative estimate of drug-likeness (QED) is 0.377. The van der Waals surface area contributed by atoms with E-state index in [-0.39, 0.29) is 5.56 Å². The Hall–Kier alpha value is -3.00. The van der Waals surface area contributed by atoms with E-state index in [4.69, 9.17) is 9.47 Å². The third-order valence-corrected chi connectivity index (χ3v) is 5.13. The van der Waals surface area contributed by atoms with Gasteiger partial charge in [0.15, 0.2) is 5.16 Å². The number of hydrogen-bond donors (Lipinski definition) is 0. The van der Waals surface area contributed by atoms with Crippen LogP contribution in [0.2, 0.25) is 0 Å². The third-order valence-electron chi connectivity index (χ3n) is 4.24. The van der Waals surface area contributed by atoms with Gasteiger partial charge in [0.1, 0.15) is 11.5 Å². The van der Waals surface area contributed by atoms with E-state index in [0.717, 1.165) is 22.2 Å². The highest BCUT2D eigenvalue weighted by molar-refractivity contribution is 7.99. The molecule has 0 N–H and O–H groups in total. The van der Waals surface area contributed by atoms with E-state index in [9.17, 15) is 4.79 Å². The second-order valence-corrected chi connectivity index (χ2v) is 6.93. The van der Waals surface area contributed by atoms with Crippen LogP contribution in [-0.4, -0.2) is 38.6 Å². The molecule has 0 spiro atoms. The van der Waals surface area contributed by atoms with Gasteiger partial charge in [0.05, 0.1) is 24.6 Å². The molecule has 0 aliphatic rings. The molecular weight excluding hydrogens is 364 g/mol. The molecule has 0 amide bonds. The summed E-state index contributed by atoms with van der Waals surface area (Å²) < 4.78 is 14.3. The van der Waals surface area contributed by atoms with Crippen molar-refractivity contribution in [3.63, 3.8) is 0 Å². The first kappa shape index (κ1) is 17.4. The SMILES string of the molecule is COc1ccc(OCCSc2nnc3n(C)c(=O)c4ccccc4n23)cc1. The zero-order chi connectivity index (χ0) is 18.8. The lowest BCUT2D eigenvalue weighted by atomic mass is 10.2. The van der Waals surface area contributed by atoms with Gasteiger partial charge in [-0.2, -0.15) is 0 Å². The number of ether oxygens (including phenoxy) is 2. The van der Waals surface area contributed by atoms with Crippen LogP contribution in [-0.2, 0) is 7.05 Å². The van der Waals surface area contributed by atoms with Gasteiger partial charge in [-0.15, -0.1) is 10.2 Å². The molecule has 0 aliphatic heterocycles. The fourth-order valence-electron chi connectivity index (χ4n) is 2.87. The Bertz CT molecular complexity index is 1150. The smallest absolute Gasteiger partial charge is 0.262 e. The number of thioether (sulfide) groups is 1. The monoisotopic (exact) mass is 382 g/mol. The van der Waals surface area contributed by atoms with Crippen molar-refractivity contribution in [1.82, 2.24) is 19.2 Å². The Morgan fingerprint density at radius 2 is 1.78 bits per heavy atom. The molecule has 0 fully saturated rings. The van der Waals surface area contributed by atoms with Crippen molar-refractivity contribution in [2.24, 2.45) is 7.05 Å². The Morgan fingerprint density at radius 3 is 2.56 bits per heavy atom. The molecule has 0 saturated carbocycles. The highest BCUT2D eigenvalue weighted by Gasteiger charge is 2.14. The number of aromatic nitrogens is 4. The predicted octanol–water partition coefficient (Wildman–Crippen LogP) is 2.76. The van der Waals surface area contributed by atoms with Crippen molar-refractivity contribution in [1.29, 1.82) is 0 Å². The lowest BCUT2D eigenvalue weighted by Gasteiger charge is -2.08. The first-order valence-corrected chi connectivity index (χ1v) is 9.40. The standard InChI is InChI=1S/C19H18N4O3S/c1-22-17(24)15-5-3-4-6-16(15)23-18(22)20-21-19(23)27-12-11-26-14-9-7-13(25-2)8-10-14/h3-10H,11-12H2,1-2H3. The molecule has 2 aromatic heterocycles. The Labute approximate surface area is 159 Å². The molecule has 0 atom stereocenters. The Balaban J connectivity index is 1.53. The van der Waals surface area contributed by atoms with E-state index >= 15 is 0 Å². The number of para-hydroxylation sites is 1. The maximum absolute atomic E-state index is 12.5. The second kappa shape index (κ2) is 7.32. The molecule has 27 heavy (non-hydrogen) atoms. The van der Waals surface area contributed by atoms with Crippen LogP contribution in [0.4, 0.5) is 0 Å². The molecule has 0 unspecified atom stereocenters. The molecule has 0 radical (unpaired) electrons. The first-order chi connectivity index (χ1) is 13.2. The molecule has 7 nitrogen and oxygen atoms in total. The molecule has 138 valence electrons. The van der Waals surface area contributed by atoms with Crippen LogP contribution in [0.5, 0.6) is 11.5 Å². The Morgan fingerprint density at radius 1 is 1.04 bits per heavy atom. The highest BCUT2D eigenvalue weighted by atomic mass is 32.2. The summed E-state index contributed by atoms with van der Waals surface area (Å²) in [4.78, 5) is 12.5. The number of benzene rings is 2. The largest absolute Gasteiger partial charge is 0.497 e. The summed E-state index contributed by atoms with van der Waals surface area (Å²) in [5.74, 6) is 2.81. The summed E-state index contributed by atoms with van der Waals surface area (Å²) >= 11 is 1.54. The summed E-state index contributed by atoms with van der Waals surface area (Å²) in [5, 5.41) is 9.82. The van der Waals surface area contributed by atoms with Gasteiger partial charge < -0.3 is 9.47 Å². The topological polar surface area (TPSA) is 70.7 Å². The van der Waals surface area contributed by atoms with Crippen molar-refractivity contribution >= 4 is 28.4 Å². The lowest BCUT2D eigenvalue weighted by molar-refractivity contribution is 0.342. The van der Waals surface area contributed by atoms with Crippen LogP contribution in [0, 0.1) is 0 Å². The summed E-state index contributed by atoms with van der Waals surface area (Å²) in [7, 11) is 3.34. The molecular formula is C19H18N4O3S. The van der Waals surface area contributed by atoms with Crippen molar-refractivity contribution in [3.8, 4) is 11.5 Å². The average molecular weight is 382 g/mol. The maximum atomic E-state index is 12.5. The zero-order valence-electron chi connectivity index (χ0n) is 15.0. The normalized spacial score (nSPS) is 11.2. The van der Waals surface area contributed by atoms with Gasteiger partial charge in [-0.25, -0.2) is 0 Å². The molecule has 0 saturated heterocycles.